The molecule has 0 aliphatic carbocycles. The van der Waals surface area contributed by atoms with Crippen LogP contribution in [0.3, 0.4) is 0 Å². The minimum Gasteiger partial charge on any atom is -0.508 e. The summed E-state index contributed by atoms with van der Waals surface area (Å²) in [6, 6.07) is 5.99. The molecule has 0 saturated carbocycles. The maximum Gasteiger partial charge on any atom is 0.243 e. The van der Waals surface area contributed by atoms with Gasteiger partial charge in [0.25, 0.3) is 0 Å². The highest BCUT2D eigenvalue weighted by Gasteiger charge is 2.15. The molecule has 0 fully saturated rings. The molecule has 0 aliphatic heterocycles. The Bertz CT molecular complexity index is 566. The molecule has 1 heterocycles. The van der Waals surface area contributed by atoms with Gasteiger partial charge in [-0.15, -0.1) is 11.3 Å². The second-order valence-electron chi connectivity index (χ2n) is 4.24. The molecule has 0 unspecified atom stereocenters. The van der Waals surface area contributed by atoms with Gasteiger partial charge in [0.2, 0.25) is 5.91 Å². The van der Waals surface area contributed by atoms with Crippen LogP contribution in [0.4, 0.5) is 5.13 Å². The number of hydrogen-bond acceptors (Lipinski definition) is 5. The Hall–Kier alpha value is -1.92. The number of thiazole rings is 1. The SMILES string of the molecule is Cc1cnc(NC(=O)[C@H](N)Cc2ccc(O)cc2)s1. The average Bonchev–Trinajstić information content (AvgIpc) is 2.77. The van der Waals surface area contributed by atoms with Gasteiger partial charge in [-0.25, -0.2) is 4.98 Å². The molecule has 0 bridgehead atoms. The Kier molecular flexibility index (Phi) is 4.13. The zero-order valence-corrected chi connectivity index (χ0v) is 11.3. The summed E-state index contributed by atoms with van der Waals surface area (Å²) in [6.07, 6.45) is 2.11. The van der Waals surface area contributed by atoms with Crippen LogP contribution in [0, 0.1) is 6.92 Å². The van der Waals surface area contributed by atoms with E-state index in [2.05, 4.69) is 10.3 Å². The predicted molar refractivity (Wildman–Crippen MR) is 75.3 cm³/mol. The highest BCUT2D eigenvalue weighted by atomic mass is 32.1. The zero-order chi connectivity index (χ0) is 13.8. The minimum absolute atomic E-state index is 0.194. The van der Waals surface area contributed by atoms with Crippen molar-refractivity contribution in [2.45, 2.75) is 19.4 Å². The molecule has 1 amide bonds. The van der Waals surface area contributed by atoms with E-state index in [1.54, 1.807) is 30.5 Å². The first-order chi connectivity index (χ1) is 9.04. The molecular weight excluding hydrogens is 262 g/mol. The lowest BCUT2D eigenvalue weighted by Crippen LogP contribution is -2.37. The van der Waals surface area contributed by atoms with Gasteiger partial charge >= 0.3 is 0 Å². The summed E-state index contributed by atoms with van der Waals surface area (Å²) in [5.74, 6) is -0.0672. The number of benzene rings is 1. The number of aryl methyl sites for hydroxylation is 1. The zero-order valence-electron chi connectivity index (χ0n) is 10.5. The standard InChI is InChI=1S/C13H15N3O2S/c1-8-7-15-13(19-8)16-12(18)11(14)6-9-2-4-10(17)5-3-9/h2-5,7,11,17H,6,14H2,1H3,(H,15,16,18)/t11-/m1/s1. The number of nitrogens with two attached hydrogens (primary N) is 1. The van der Waals surface area contributed by atoms with Gasteiger partial charge in [0.05, 0.1) is 6.04 Å². The number of aromatic hydroxyl groups is 1. The fourth-order valence-electron chi connectivity index (χ4n) is 1.59. The fourth-order valence-corrected chi connectivity index (χ4v) is 2.26. The molecule has 5 nitrogen and oxygen atoms in total. The number of nitrogens with one attached hydrogen (secondary N) is 1. The predicted octanol–water partition coefficient (Wildman–Crippen LogP) is 1.67. The van der Waals surface area contributed by atoms with E-state index >= 15 is 0 Å². The van der Waals surface area contributed by atoms with Crippen molar-refractivity contribution in [3.05, 3.63) is 40.9 Å². The molecule has 0 spiro atoms. The van der Waals surface area contributed by atoms with E-state index < -0.39 is 6.04 Å². The van der Waals surface area contributed by atoms with Crippen LogP contribution in [0.2, 0.25) is 0 Å². The number of phenolic OH excluding ortho intramolecular Hbond substituents is 1. The van der Waals surface area contributed by atoms with Gasteiger partial charge in [0.15, 0.2) is 5.13 Å². The van der Waals surface area contributed by atoms with Gasteiger partial charge in [0, 0.05) is 11.1 Å². The molecule has 2 aromatic rings. The van der Waals surface area contributed by atoms with Crippen molar-refractivity contribution < 1.29 is 9.90 Å². The number of anilines is 1. The van der Waals surface area contributed by atoms with Crippen molar-refractivity contribution >= 4 is 22.4 Å². The Morgan fingerprint density at radius 1 is 1.47 bits per heavy atom. The van der Waals surface area contributed by atoms with Crippen molar-refractivity contribution in [1.29, 1.82) is 0 Å². The second kappa shape index (κ2) is 5.81. The molecule has 19 heavy (non-hydrogen) atoms. The second-order valence-corrected chi connectivity index (χ2v) is 5.48. The van der Waals surface area contributed by atoms with Gasteiger partial charge in [-0.1, -0.05) is 12.1 Å². The normalized spacial score (nSPS) is 12.1. The first-order valence-corrected chi connectivity index (χ1v) is 6.63. The molecule has 0 aliphatic rings. The third-order valence-electron chi connectivity index (χ3n) is 2.58. The number of rotatable bonds is 4. The fraction of sp³-hybridized carbons (Fsp3) is 0.231. The lowest BCUT2D eigenvalue weighted by molar-refractivity contribution is -0.117. The third kappa shape index (κ3) is 3.77. The van der Waals surface area contributed by atoms with Gasteiger partial charge in [0.1, 0.15) is 5.75 Å². The van der Waals surface area contributed by atoms with Crippen molar-refractivity contribution in [2.75, 3.05) is 5.32 Å². The number of aromatic nitrogens is 1. The van der Waals surface area contributed by atoms with E-state index in [0.29, 0.717) is 11.6 Å². The monoisotopic (exact) mass is 277 g/mol. The maximum absolute atomic E-state index is 11.9. The largest absolute Gasteiger partial charge is 0.508 e. The molecule has 6 heteroatoms. The van der Waals surface area contributed by atoms with E-state index in [0.717, 1.165) is 10.4 Å². The van der Waals surface area contributed by atoms with Gasteiger partial charge in [-0.3, -0.25) is 4.79 Å². The van der Waals surface area contributed by atoms with Crippen LogP contribution in [-0.2, 0) is 11.2 Å². The molecule has 0 radical (unpaired) electrons. The van der Waals surface area contributed by atoms with E-state index in [9.17, 15) is 9.90 Å². The smallest absolute Gasteiger partial charge is 0.243 e. The summed E-state index contributed by atoms with van der Waals surface area (Å²) < 4.78 is 0. The van der Waals surface area contributed by atoms with Crippen LogP contribution >= 0.6 is 11.3 Å². The first kappa shape index (κ1) is 13.5. The number of hydrogen-bond donors (Lipinski definition) is 3. The number of amides is 1. The summed E-state index contributed by atoms with van der Waals surface area (Å²) >= 11 is 1.41. The Morgan fingerprint density at radius 2 is 2.16 bits per heavy atom. The molecule has 1 atom stereocenters. The Labute approximate surface area is 115 Å². The van der Waals surface area contributed by atoms with Crippen molar-refractivity contribution in [3.63, 3.8) is 0 Å². The summed E-state index contributed by atoms with van der Waals surface area (Å²) in [5, 5.41) is 12.4. The van der Waals surface area contributed by atoms with Gasteiger partial charge in [-0.2, -0.15) is 0 Å². The van der Waals surface area contributed by atoms with E-state index in [1.165, 1.54) is 11.3 Å². The topological polar surface area (TPSA) is 88.2 Å². The van der Waals surface area contributed by atoms with Crippen molar-refractivity contribution in [2.24, 2.45) is 5.73 Å². The van der Waals surface area contributed by atoms with E-state index in [4.69, 9.17) is 5.73 Å². The summed E-state index contributed by atoms with van der Waals surface area (Å²) in [4.78, 5) is 17.0. The third-order valence-corrected chi connectivity index (χ3v) is 3.41. The first-order valence-electron chi connectivity index (χ1n) is 5.81. The number of carbonyl (C=O) groups is 1. The molecule has 2 rings (SSSR count). The Morgan fingerprint density at radius 3 is 2.74 bits per heavy atom. The highest BCUT2D eigenvalue weighted by Crippen LogP contribution is 2.17. The average molecular weight is 277 g/mol. The van der Waals surface area contributed by atoms with Gasteiger partial charge in [-0.05, 0) is 31.0 Å². The van der Waals surface area contributed by atoms with E-state index in [1.807, 2.05) is 6.92 Å². The molecule has 4 N–H and O–H groups in total. The van der Waals surface area contributed by atoms with Gasteiger partial charge < -0.3 is 16.2 Å². The summed E-state index contributed by atoms with van der Waals surface area (Å²) in [7, 11) is 0. The summed E-state index contributed by atoms with van der Waals surface area (Å²) in [5.41, 5.74) is 6.74. The van der Waals surface area contributed by atoms with Crippen LogP contribution in [0.1, 0.15) is 10.4 Å². The van der Waals surface area contributed by atoms with Crippen LogP contribution in [0.15, 0.2) is 30.5 Å². The van der Waals surface area contributed by atoms with Crippen molar-refractivity contribution in [3.8, 4) is 5.75 Å². The quantitative estimate of drug-likeness (QED) is 0.793. The van der Waals surface area contributed by atoms with Crippen LogP contribution in [-0.4, -0.2) is 22.0 Å². The molecule has 0 saturated heterocycles. The number of phenols is 1. The molecule has 100 valence electrons. The highest BCUT2D eigenvalue weighted by molar-refractivity contribution is 7.15. The maximum atomic E-state index is 11.9. The van der Waals surface area contributed by atoms with Crippen LogP contribution in [0.5, 0.6) is 5.75 Å². The lowest BCUT2D eigenvalue weighted by atomic mass is 10.1. The molecular formula is C13H15N3O2S. The summed E-state index contributed by atoms with van der Waals surface area (Å²) in [6.45, 7) is 1.92. The van der Waals surface area contributed by atoms with Crippen LogP contribution in [0.25, 0.3) is 0 Å². The molecule has 1 aromatic carbocycles. The van der Waals surface area contributed by atoms with E-state index in [-0.39, 0.29) is 11.7 Å². The Balaban J connectivity index is 1.94. The number of carbonyl (C=O) groups excluding carboxylic acids is 1. The molecule has 1 aromatic heterocycles. The van der Waals surface area contributed by atoms with Crippen LogP contribution < -0.4 is 11.1 Å². The van der Waals surface area contributed by atoms with Crippen molar-refractivity contribution in [1.82, 2.24) is 4.98 Å². The minimum atomic E-state index is -0.645. The number of nitrogens with zero attached hydrogens (tertiary/aromatic N) is 1. The lowest BCUT2D eigenvalue weighted by Gasteiger charge is -2.10.